The number of carbonyl (C=O) groups is 1. The van der Waals surface area contributed by atoms with Gasteiger partial charge < -0.3 is 5.32 Å². The monoisotopic (exact) mass is 170 g/mol. The minimum Gasteiger partial charge on any atom is -0.337 e. The van der Waals surface area contributed by atoms with Gasteiger partial charge in [0.05, 0.1) is 11.7 Å². The Morgan fingerprint density at radius 2 is 2.17 bits per heavy atom. The van der Waals surface area contributed by atoms with Crippen molar-refractivity contribution < 1.29 is 4.79 Å². The highest BCUT2D eigenvalue weighted by molar-refractivity contribution is 5.85. The molecule has 1 rings (SSSR count). The third-order valence-electron chi connectivity index (χ3n) is 2.53. The van der Waals surface area contributed by atoms with Crippen LogP contribution in [0.2, 0.25) is 0 Å². The maximum absolute atomic E-state index is 11.4. The molecule has 1 saturated heterocycles. The van der Waals surface area contributed by atoms with E-state index in [9.17, 15) is 4.79 Å². The van der Waals surface area contributed by atoms with Crippen LogP contribution in [0.5, 0.6) is 0 Å². The van der Waals surface area contributed by atoms with Crippen LogP contribution in [0.1, 0.15) is 34.1 Å². The second-order valence-corrected chi connectivity index (χ2v) is 4.04. The average molecular weight is 170 g/mol. The standard InChI is InChI=1S/C9H18N2O/c1-5-9(4)10-7(6(2)3)8(12)11-9/h6-7,10H,5H2,1-4H3,(H,11,12). The average Bonchev–Trinajstić information content (AvgIpc) is 2.28. The van der Waals surface area contributed by atoms with Crippen LogP contribution in [0.25, 0.3) is 0 Å². The summed E-state index contributed by atoms with van der Waals surface area (Å²) in [6, 6.07) is -0.0186. The molecule has 0 saturated carbocycles. The van der Waals surface area contributed by atoms with Crippen LogP contribution < -0.4 is 10.6 Å². The van der Waals surface area contributed by atoms with Gasteiger partial charge in [-0.15, -0.1) is 0 Å². The van der Waals surface area contributed by atoms with Crippen LogP contribution in [-0.4, -0.2) is 17.6 Å². The lowest BCUT2D eigenvalue weighted by molar-refractivity contribution is -0.121. The molecule has 0 aromatic rings. The second-order valence-electron chi connectivity index (χ2n) is 4.04. The Balaban J connectivity index is 2.68. The van der Waals surface area contributed by atoms with Gasteiger partial charge in [0, 0.05) is 0 Å². The van der Waals surface area contributed by atoms with Gasteiger partial charge in [0.1, 0.15) is 0 Å². The lowest BCUT2D eigenvalue weighted by Crippen LogP contribution is -2.47. The summed E-state index contributed by atoms with van der Waals surface area (Å²) in [7, 11) is 0. The van der Waals surface area contributed by atoms with E-state index in [-0.39, 0.29) is 17.6 Å². The van der Waals surface area contributed by atoms with Gasteiger partial charge in [-0.3, -0.25) is 10.1 Å². The highest BCUT2D eigenvalue weighted by Gasteiger charge is 2.39. The third-order valence-corrected chi connectivity index (χ3v) is 2.53. The highest BCUT2D eigenvalue weighted by Crippen LogP contribution is 2.17. The maximum Gasteiger partial charge on any atom is 0.238 e. The molecule has 2 atom stereocenters. The van der Waals surface area contributed by atoms with Crippen molar-refractivity contribution in [2.24, 2.45) is 5.92 Å². The van der Waals surface area contributed by atoms with Crippen LogP contribution in [0.3, 0.4) is 0 Å². The van der Waals surface area contributed by atoms with E-state index in [0.29, 0.717) is 5.92 Å². The second kappa shape index (κ2) is 3.05. The van der Waals surface area contributed by atoms with Crippen molar-refractivity contribution >= 4 is 5.91 Å². The van der Waals surface area contributed by atoms with Crippen LogP contribution in [0.4, 0.5) is 0 Å². The van der Waals surface area contributed by atoms with Crippen LogP contribution in [-0.2, 0) is 4.79 Å². The largest absolute Gasteiger partial charge is 0.337 e. The minimum absolute atomic E-state index is 0.0186. The first kappa shape index (κ1) is 9.52. The molecule has 0 spiro atoms. The molecule has 1 fully saturated rings. The van der Waals surface area contributed by atoms with Gasteiger partial charge in [0.2, 0.25) is 5.91 Å². The molecule has 3 heteroatoms. The normalized spacial score (nSPS) is 35.8. The van der Waals surface area contributed by atoms with Crippen molar-refractivity contribution in [1.29, 1.82) is 0 Å². The fraction of sp³-hybridized carbons (Fsp3) is 0.889. The molecule has 0 aromatic heterocycles. The molecule has 0 aliphatic carbocycles. The maximum atomic E-state index is 11.4. The van der Waals surface area contributed by atoms with E-state index in [0.717, 1.165) is 6.42 Å². The van der Waals surface area contributed by atoms with Gasteiger partial charge in [-0.2, -0.15) is 0 Å². The van der Waals surface area contributed by atoms with E-state index in [1.54, 1.807) is 0 Å². The quantitative estimate of drug-likeness (QED) is 0.645. The Hall–Kier alpha value is -0.570. The molecule has 12 heavy (non-hydrogen) atoms. The predicted molar refractivity (Wildman–Crippen MR) is 48.6 cm³/mol. The molecule has 0 radical (unpaired) electrons. The zero-order valence-corrected chi connectivity index (χ0v) is 8.27. The fourth-order valence-corrected chi connectivity index (χ4v) is 1.45. The minimum atomic E-state index is -0.188. The Morgan fingerprint density at radius 1 is 1.58 bits per heavy atom. The summed E-state index contributed by atoms with van der Waals surface area (Å²) in [5, 5.41) is 6.27. The van der Waals surface area contributed by atoms with E-state index in [4.69, 9.17) is 0 Å². The first-order chi connectivity index (χ1) is 5.48. The summed E-state index contributed by atoms with van der Waals surface area (Å²) in [5.41, 5.74) is -0.188. The first-order valence-corrected chi connectivity index (χ1v) is 4.58. The van der Waals surface area contributed by atoms with Crippen molar-refractivity contribution in [2.75, 3.05) is 0 Å². The Labute approximate surface area is 73.9 Å². The molecule has 1 aliphatic rings. The summed E-state index contributed by atoms with van der Waals surface area (Å²) < 4.78 is 0. The molecule has 1 amide bonds. The molecule has 70 valence electrons. The van der Waals surface area contributed by atoms with E-state index < -0.39 is 0 Å². The number of amides is 1. The van der Waals surface area contributed by atoms with Crippen LogP contribution in [0, 0.1) is 5.92 Å². The lowest BCUT2D eigenvalue weighted by atomic mass is 10.0. The number of rotatable bonds is 2. The molecule has 3 nitrogen and oxygen atoms in total. The fourth-order valence-electron chi connectivity index (χ4n) is 1.45. The molecule has 2 unspecified atom stereocenters. The van der Waals surface area contributed by atoms with Gasteiger partial charge in [-0.05, 0) is 19.3 Å². The first-order valence-electron chi connectivity index (χ1n) is 4.58. The van der Waals surface area contributed by atoms with E-state index in [2.05, 4.69) is 31.4 Å². The smallest absolute Gasteiger partial charge is 0.238 e. The number of nitrogens with one attached hydrogen (secondary N) is 2. The van der Waals surface area contributed by atoms with Crippen molar-refractivity contribution in [3.8, 4) is 0 Å². The Kier molecular flexibility index (Phi) is 2.42. The summed E-state index contributed by atoms with van der Waals surface area (Å²) in [6.07, 6.45) is 0.919. The lowest BCUT2D eigenvalue weighted by Gasteiger charge is -2.23. The summed E-state index contributed by atoms with van der Waals surface area (Å²) in [6.45, 7) is 8.19. The van der Waals surface area contributed by atoms with Crippen LogP contribution >= 0.6 is 0 Å². The van der Waals surface area contributed by atoms with Gasteiger partial charge in [-0.25, -0.2) is 0 Å². The van der Waals surface area contributed by atoms with Gasteiger partial charge in [-0.1, -0.05) is 20.8 Å². The van der Waals surface area contributed by atoms with Gasteiger partial charge in [0.25, 0.3) is 0 Å². The van der Waals surface area contributed by atoms with Crippen molar-refractivity contribution in [2.45, 2.75) is 45.8 Å². The Morgan fingerprint density at radius 3 is 2.42 bits per heavy atom. The molecular weight excluding hydrogens is 152 g/mol. The predicted octanol–water partition coefficient (Wildman–Crippen LogP) is 0.857. The molecule has 0 bridgehead atoms. The number of hydrogen-bond donors (Lipinski definition) is 2. The zero-order valence-electron chi connectivity index (χ0n) is 8.27. The summed E-state index contributed by atoms with van der Waals surface area (Å²) >= 11 is 0. The van der Waals surface area contributed by atoms with Crippen molar-refractivity contribution in [3.05, 3.63) is 0 Å². The van der Waals surface area contributed by atoms with E-state index in [1.165, 1.54) is 0 Å². The molecular formula is C9H18N2O. The third kappa shape index (κ3) is 1.61. The highest BCUT2D eigenvalue weighted by atomic mass is 16.2. The van der Waals surface area contributed by atoms with E-state index in [1.807, 2.05) is 6.92 Å². The summed E-state index contributed by atoms with van der Waals surface area (Å²) in [4.78, 5) is 11.4. The molecule has 1 aliphatic heterocycles. The molecule has 2 N–H and O–H groups in total. The zero-order chi connectivity index (χ0) is 9.35. The van der Waals surface area contributed by atoms with Crippen molar-refractivity contribution in [3.63, 3.8) is 0 Å². The molecule has 1 heterocycles. The van der Waals surface area contributed by atoms with Gasteiger partial charge in [0.15, 0.2) is 0 Å². The summed E-state index contributed by atoms with van der Waals surface area (Å²) in [5.74, 6) is 0.493. The molecule has 0 aromatic carbocycles. The van der Waals surface area contributed by atoms with Gasteiger partial charge >= 0.3 is 0 Å². The van der Waals surface area contributed by atoms with Crippen molar-refractivity contribution in [1.82, 2.24) is 10.6 Å². The Bertz CT molecular complexity index is 191. The number of hydrogen-bond acceptors (Lipinski definition) is 2. The number of carbonyl (C=O) groups excluding carboxylic acids is 1. The van der Waals surface area contributed by atoms with E-state index >= 15 is 0 Å². The van der Waals surface area contributed by atoms with Crippen LogP contribution in [0.15, 0.2) is 0 Å². The topological polar surface area (TPSA) is 41.1 Å². The SMILES string of the molecule is CCC1(C)NC(=O)C(C(C)C)N1.